The Balaban J connectivity index is 1.77. The summed E-state index contributed by atoms with van der Waals surface area (Å²) in [4.78, 5) is 0. The van der Waals surface area contributed by atoms with Gasteiger partial charge in [0.25, 0.3) is 0 Å². The molecule has 0 spiro atoms. The average Bonchev–Trinajstić information content (AvgIpc) is 2.58. The lowest BCUT2D eigenvalue weighted by Gasteiger charge is -2.28. The van der Waals surface area contributed by atoms with Crippen molar-refractivity contribution in [2.45, 2.75) is 50.6 Å². The molecule has 0 radical (unpaired) electrons. The predicted octanol–water partition coefficient (Wildman–Crippen LogP) is 6.40. The molecule has 0 N–H and O–H groups in total. The lowest BCUT2D eigenvalue weighted by Crippen LogP contribution is -2.13. The molecule has 0 amide bonds. The summed E-state index contributed by atoms with van der Waals surface area (Å²) in [7, 11) is 0. The van der Waals surface area contributed by atoms with Gasteiger partial charge in [-0.3, -0.25) is 0 Å². The molecule has 1 aliphatic carbocycles. The summed E-state index contributed by atoms with van der Waals surface area (Å²) in [6.07, 6.45) is 9.41. The second-order valence-electron chi connectivity index (χ2n) is 6.33. The van der Waals surface area contributed by atoms with Crippen molar-refractivity contribution in [3.63, 3.8) is 0 Å². The molecule has 0 heterocycles. The van der Waals surface area contributed by atoms with E-state index in [9.17, 15) is 13.2 Å². The molecule has 2 rings (SSSR count). The zero-order valence-corrected chi connectivity index (χ0v) is 13.6. The Morgan fingerprint density at radius 1 is 1.04 bits per heavy atom. The van der Waals surface area contributed by atoms with Gasteiger partial charge in [-0.2, -0.15) is 18.4 Å². The minimum absolute atomic E-state index is 0.387. The molecular formula is C20H22F3N. The van der Waals surface area contributed by atoms with Crippen molar-refractivity contribution in [3.8, 4) is 6.07 Å². The minimum atomic E-state index is -4.26. The van der Waals surface area contributed by atoms with E-state index in [0.29, 0.717) is 11.8 Å². The number of rotatable bonds is 5. The Morgan fingerprint density at radius 2 is 1.71 bits per heavy atom. The maximum absolute atomic E-state index is 12.6. The van der Waals surface area contributed by atoms with Gasteiger partial charge in [-0.25, -0.2) is 0 Å². The standard InChI is InChI=1S/C20H22F3N/c21-20(22,23)19-13-11-18(12-14-19)17-9-7-16(8-10-17)6-4-2-1-3-5-15-24/h1-3,5,11-14,16-17H,4,6-10H2/b2-1+,5-3+. The lowest BCUT2D eigenvalue weighted by molar-refractivity contribution is -0.137. The van der Waals surface area contributed by atoms with E-state index in [-0.39, 0.29) is 0 Å². The molecule has 1 aromatic rings. The fourth-order valence-electron chi connectivity index (χ4n) is 3.33. The Morgan fingerprint density at radius 3 is 2.29 bits per heavy atom. The highest BCUT2D eigenvalue weighted by molar-refractivity contribution is 5.27. The van der Waals surface area contributed by atoms with Crippen LogP contribution in [0, 0.1) is 17.2 Å². The van der Waals surface area contributed by atoms with Crippen LogP contribution in [0.5, 0.6) is 0 Å². The Bertz CT molecular complexity index is 597. The van der Waals surface area contributed by atoms with Gasteiger partial charge in [-0.05, 0) is 68.1 Å². The summed E-state index contributed by atoms with van der Waals surface area (Å²) in [5.41, 5.74) is 0.458. The number of allylic oxidation sites excluding steroid dienone is 4. The summed E-state index contributed by atoms with van der Waals surface area (Å²) >= 11 is 0. The van der Waals surface area contributed by atoms with Crippen LogP contribution in [0.25, 0.3) is 0 Å². The number of alkyl halides is 3. The number of nitriles is 1. The molecule has 1 nitrogen and oxygen atoms in total. The van der Waals surface area contributed by atoms with Gasteiger partial charge < -0.3 is 0 Å². The number of benzene rings is 1. The molecule has 0 saturated heterocycles. The molecular weight excluding hydrogens is 311 g/mol. The van der Waals surface area contributed by atoms with Gasteiger partial charge in [0.2, 0.25) is 0 Å². The monoisotopic (exact) mass is 333 g/mol. The maximum atomic E-state index is 12.6. The summed E-state index contributed by atoms with van der Waals surface area (Å²) < 4.78 is 37.8. The maximum Gasteiger partial charge on any atom is 0.416 e. The fraction of sp³-hybridized carbons (Fsp3) is 0.450. The molecule has 0 bridgehead atoms. The second kappa shape index (κ2) is 8.73. The molecule has 1 aliphatic rings. The topological polar surface area (TPSA) is 23.8 Å². The van der Waals surface area contributed by atoms with Gasteiger partial charge in [-0.1, -0.05) is 30.4 Å². The molecule has 0 unspecified atom stereocenters. The van der Waals surface area contributed by atoms with Gasteiger partial charge in [0.1, 0.15) is 0 Å². The van der Waals surface area contributed by atoms with E-state index in [1.165, 1.54) is 18.2 Å². The van der Waals surface area contributed by atoms with Gasteiger partial charge in [0.15, 0.2) is 0 Å². The SMILES string of the molecule is N#C/C=C/C=C/CCC1CCC(c2ccc(C(F)(F)F)cc2)CC1. The van der Waals surface area contributed by atoms with Crippen molar-refractivity contribution in [1.29, 1.82) is 5.26 Å². The third-order valence-corrected chi connectivity index (χ3v) is 4.72. The van der Waals surface area contributed by atoms with Gasteiger partial charge >= 0.3 is 6.18 Å². The number of hydrogen-bond donors (Lipinski definition) is 0. The van der Waals surface area contributed by atoms with Crippen LogP contribution in [0.15, 0.2) is 48.6 Å². The fourth-order valence-corrected chi connectivity index (χ4v) is 3.33. The van der Waals surface area contributed by atoms with E-state index in [0.717, 1.165) is 44.1 Å². The predicted molar refractivity (Wildman–Crippen MR) is 89.3 cm³/mol. The van der Waals surface area contributed by atoms with Gasteiger partial charge in [-0.15, -0.1) is 0 Å². The number of hydrogen-bond acceptors (Lipinski definition) is 1. The molecule has 24 heavy (non-hydrogen) atoms. The summed E-state index contributed by atoms with van der Waals surface area (Å²) in [5, 5.41) is 8.37. The average molecular weight is 333 g/mol. The highest BCUT2D eigenvalue weighted by Crippen LogP contribution is 2.38. The summed E-state index contributed by atoms with van der Waals surface area (Å²) in [6.45, 7) is 0. The first-order valence-electron chi connectivity index (χ1n) is 8.39. The lowest BCUT2D eigenvalue weighted by atomic mass is 9.77. The van der Waals surface area contributed by atoms with Crippen molar-refractivity contribution < 1.29 is 13.2 Å². The van der Waals surface area contributed by atoms with Crippen LogP contribution in [0.3, 0.4) is 0 Å². The Hall–Kier alpha value is -2.02. The highest BCUT2D eigenvalue weighted by Gasteiger charge is 2.30. The van der Waals surface area contributed by atoms with Crippen LogP contribution in [-0.4, -0.2) is 0 Å². The Labute approximate surface area is 141 Å². The van der Waals surface area contributed by atoms with E-state index < -0.39 is 11.7 Å². The van der Waals surface area contributed by atoms with E-state index in [2.05, 4.69) is 6.08 Å². The van der Waals surface area contributed by atoms with E-state index in [1.54, 1.807) is 18.2 Å². The van der Waals surface area contributed by atoms with Gasteiger partial charge in [0, 0.05) is 6.08 Å². The minimum Gasteiger partial charge on any atom is -0.193 e. The third-order valence-electron chi connectivity index (χ3n) is 4.72. The summed E-state index contributed by atoms with van der Waals surface area (Å²) in [5.74, 6) is 1.08. The van der Waals surface area contributed by atoms with Crippen molar-refractivity contribution in [1.82, 2.24) is 0 Å². The summed E-state index contributed by atoms with van der Waals surface area (Å²) in [6, 6.07) is 7.61. The first-order chi connectivity index (χ1) is 11.5. The van der Waals surface area contributed by atoms with Crippen LogP contribution in [-0.2, 0) is 6.18 Å². The van der Waals surface area contributed by atoms with Gasteiger partial charge in [0.05, 0.1) is 11.6 Å². The molecule has 0 aliphatic heterocycles. The molecule has 1 aromatic carbocycles. The zero-order valence-electron chi connectivity index (χ0n) is 13.6. The number of halogens is 3. The molecule has 0 atom stereocenters. The van der Waals surface area contributed by atoms with Crippen LogP contribution >= 0.6 is 0 Å². The zero-order chi connectivity index (χ0) is 17.4. The largest absolute Gasteiger partial charge is 0.416 e. The molecule has 4 heteroatoms. The molecule has 1 saturated carbocycles. The van der Waals surface area contributed by atoms with Crippen molar-refractivity contribution >= 4 is 0 Å². The molecule has 0 aromatic heterocycles. The first kappa shape index (κ1) is 18.3. The third kappa shape index (κ3) is 5.56. The van der Waals surface area contributed by atoms with E-state index in [1.807, 2.05) is 12.1 Å². The second-order valence-corrected chi connectivity index (χ2v) is 6.33. The van der Waals surface area contributed by atoms with Crippen LogP contribution < -0.4 is 0 Å². The van der Waals surface area contributed by atoms with Crippen molar-refractivity contribution in [3.05, 3.63) is 59.7 Å². The van der Waals surface area contributed by atoms with Crippen molar-refractivity contribution in [2.24, 2.45) is 5.92 Å². The van der Waals surface area contributed by atoms with Crippen molar-refractivity contribution in [2.75, 3.05) is 0 Å². The quantitative estimate of drug-likeness (QED) is 0.452. The Kier molecular flexibility index (Phi) is 6.66. The van der Waals surface area contributed by atoms with E-state index in [4.69, 9.17) is 5.26 Å². The van der Waals surface area contributed by atoms with Crippen LogP contribution in [0.1, 0.15) is 55.6 Å². The smallest absolute Gasteiger partial charge is 0.193 e. The molecule has 128 valence electrons. The normalized spacial score (nSPS) is 22.1. The molecule has 1 fully saturated rings. The highest BCUT2D eigenvalue weighted by atomic mass is 19.4. The first-order valence-corrected chi connectivity index (χ1v) is 8.39. The van der Waals surface area contributed by atoms with E-state index >= 15 is 0 Å². The van der Waals surface area contributed by atoms with Crippen LogP contribution in [0.4, 0.5) is 13.2 Å². The number of nitrogens with zero attached hydrogens (tertiary/aromatic N) is 1. The van der Waals surface area contributed by atoms with Crippen LogP contribution in [0.2, 0.25) is 0 Å².